The zero-order valence-electron chi connectivity index (χ0n) is 12.2. The fourth-order valence-corrected chi connectivity index (χ4v) is 2.53. The number of amides is 1. The number of carbonyl (C=O) groups is 1. The molecule has 4 heteroatoms. The van der Waals surface area contributed by atoms with Crippen LogP contribution in [-0.4, -0.2) is 37.6 Å². The highest BCUT2D eigenvalue weighted by atomic mass is 16.5. The average molecular weight is 276 g/mol. The van der Waals surface area contributed by atoms with E-state index in [2.05, 4.69) is 5.32 Å². The zero-order chi connectivity index (χ0) is 14.2. The van der Waals surface area contributed by atoms with E-state index in [1.54, 1.807) is 0 Å². The topological polar surface area (TPSA) is 41.6 Å². The molecule has 0 saturated carbocycles. The lowest BCUT2D eigenvalue weighted by molar-refractivity contribution is -0.133. The summed E-state index contributed by atoms with van der Waals surface area (Å²) in [6.07, 6.45) is 4.69. The van der Waals surface area contributed by atoms with E-state index in [4.69, 9.17) is 4.74 Å². The molecule has 1 aromatic rings. The lowest BCUT2D eigenvalue weighted by Gasteiger charge is -2.20. The second kappa shape index (κ2) is 7.90. The van der Waals surface area contributed by atoms with Crippen LogP contribution in [0.3, 0.4) is 0 Å². The standard InChI is InChI=1S/C16H24N2O2/c1-17-12-14-8-4-5-9-15(14)20-13-16(19)18-10-6-2-3-7-11-18/h4-5,8-9,17H,2-3,6-7,10-13H2,1H3. The van der Waals surface area contributed by atoms with Crippen molar-refractivity contribution in [3.05, 3.63) is 29.8 Å². The molecule has 0 unspecified atom stereocenters. The molecule has 1 aliphatic heterocycles. The Morgan fingerprint density at radius 3 is 2.60 bits per heavy atom. The Morgan fingerprint density at radius 1 is 1.20 bits per heavy atom. The highest BCUT2D eigenvalue weighted by molar-refractivity contribution is 5.77. The van der Waals surface area contributed by atoms with Gasteiger partial charge in [-0.1, -0.05) is 31.0 Å². The molecule has 0 aliphatic carbocycles. The number of hydrogen-bond donors (Lipinski definition) is 1. The molecule has 0 atom stereocenters. The van der Waals surface area contributed by atoms with Crippen molar-refractivity contribution >= 4 is 5.91 Å². The van der Waals surface area contributed by atoms with Crippen LogP contribution >= 0.6 is 0 Å². The third kappa shape index (κ3) is 4.23. The molecule has 1 saturated heterocycles. The van der Waals surface area contributed by atoms with Gasteiger partial charge in [-0.3, -0.25) is 4.79 Å². The quantitative estimate of drug-likeness (QED) is 0.896. The first-order chi connectivity index (χ1) is 9.81. The van der Waals surface area contributed by atoms with Crippen molar-refractivity contribution in [2.75, 3.05) is 26.7 Å². The number of ether oxygens (including phenoxy) is 1. The fourth-order valence-electron chi connectivity index (χ4n) is 2.53. The average Bonchev–Trinajstić information content (AvgIpc) is 2.75. The third-order valence-corrected chi connectivity index (χ3v) is 3.65. The number of benzene rings is 1. The first kappa shape index (κ1) is 14.9. The van der Waals surface area contributed by atoms with E-state index in [1.807, 2.05) is 36.2 Å². The van der Waals surface area contributed by atoms with Crippen LogP contribution in [0.4, 0.5) is 0 Å². The normalized spacial score (nSPS) is 15.8. The Hall–Kier alpha value is -1.55. The molecule has 0 radical (unpaired) electrons. The number of likely N-dealkylation sites (tertiary alicyclic amines) is 1. The van der Waals surface area contributed by atoms with Crippen LogP contribution in [0, 0.1) is 0 Å². The van der Waals surface area contributed by atoms with Crippen LogP contribution in [0.5, 0.6) is 5.75 Å². The molecular formula is C16H24N2O2. The Morgan fingerprint density at radius 2 is 1.90 bits per heavy atom. The highest BCUT2D eigenvalue weighted by Crippen LogP contribution is 2.18. The van der Waals surface area contributed by atoms with Gasteiger partial charge in [0.2, 0.25) is 0 Å². The number of rotatable bonds is 5. The Kier molecular flexibility index (Phi) is 5.87. The van der Waals surface area contributed by atoms with Gasteiger partial charge in [0, 0.05) is 25.2 Å². The van der Waals surface area contributed by atoms with E-state index < -0.39 is 0 Å². The van der Waals surface area contributed by atoms with E-state index in [0.29, 0.717) is 0 Å². The number of para-hydroxylation sites is 1. The summed E-state index contributed by atoms with van der Waals surface area (Å²) in [7, 11) is 1.90. The summed E-state index contributed by atoms with van der Waals surface area (Å²) < 4.78 is 5.71. The van der Waals surface area contributed by atoms with Crippen LogP contribution in [0.25, 0.3) is 0 Å². The summed E-state index contributed by atoms with van der Waals surface area (Å²) in [6, 6.07) is 7.85. The zero-order valence-corrected chi connectivity index (χ0v) is 12.2. The second-order valence-electron chi connectivity index (χ2n) is 5.22. The smallest absolute Gasteiger partial charge is 0.260 e. The monoisotopic (exact) mass is 276 g/mol. The SMILES string of the molecule is CNCc1ccccc1OCC(=O)N1CCCCCC1. The van der Waals surface area contributed by atoms with Crippen molar-refractivity contribution in [1.29, 1.82) is 0 Å². The van der Waals surface area contributed by atoms with Crippen molar-refractivity contribution in [2.45, 2.75) is 32.2 Å². The van der Waals surface area contributed by atoms with Crippen LogP contribution < -0.4 is 10.1 Å². The maximum absolute atomic E-state index is 12.2. The molecule has 110 valence electrons. The molecule has 1 aliphatic rings. The summed E-state index contributed by atoms with van der Waals surface area (Å²) in [5, 5.41) is 3.11. The number of nitrogens with one attached hydrogen (secondary N) is 1. The van der Waals surface area contributed by atoms with Crippen LogP contribution in [0.1, 0.15) is 31.2 Å². The van der Waals surface area contributed by atoms with Crippen molar-refractivity contribution in [3.8, 4) is 5.75 Å². The first-order valence-electron chi connectivity index (χ1n) is 7.44. The molecule has 0 aromatic heterocycles. The first-order valence-corrected chi connectivity index (χ1v) is 7.44. The fraction of sp³-hybridized carbons (Fsp3) is 0.562. The van der Waals surface area contributed by atoms with Gasteiger partial charge in [-0.25, -0.2) is 0 Å². The van der Waals surface area contributed by atoms with E-state index >= 15 is 0 Å². The Labute approximate surface area is 121 Å². The molecule has 1 heterocycles. The van der Waals surface area contributed by atoms with Gasteiger partial charge in [-0.15, -0.1) is 0 Å². The minimum Gasteiger partial charge on any atom is -0.483 e. The van der Waals surface area contributed by atoms with Gasteiger partial charge < -0.3 is 15.0 Å². The molecule has 20 heavy (non-hydrogen) atoms. The minimum atomic E-state index is 0.103. The van der Waals surface area contributed by atoms with E-state index in [-0.39, 0.29) is 12.5 Å². The highest BCUT2D eigenvalue weighted by Gasteiger charge is 2.16. The lowest BCUT2D eigenvalue weighted by atomic mass is 10.2. The van der Waals surface area contributed by atoms with Crippen molar-refractivity contribution in [2.24, 2.45) is 0 Å². The molecule has 0 bridgehead atoms. The molecule has 1 fully saturated rings. The van der Waals surface area contributed by atoms with Crippen molar-refractivity contribution in [1.82, 2.24) is 10.2 Å². The summed E-state index contributed by atoms with van der Waals surface area (Å²) in [6.45, 7) is 2.63. The lowest BCUT2D eigenvalue weighted by Crippen LogP contribution is -2.35. The molecule has 2 rings (SSSR count). The summed E-state index contributed by atoms with van der Waals surface area (Å²) in [5.41, 5.74) is 1.08. The second-order valence-corrected chi connectivity index (χ2v) is 5.22. The van der Waals surface area contributed by atoms with Crippen LogP contribution in [0.2, 0.25) is 0 Å². The largest absolute Gasteiger partial charge is 0.483 e. The van der Waals surface area contributed by atoms with Crippen molar-refractivity contribution < 1.29 is 9.53 Å². The molecular weight excluding hydrogens is 252 g/mol. The maximum Gasteiger partial charge on any atom is 0.260 e. The number of hydrogen-bond acceptors (Lipinski definition) is 3. The van der Waals surface area contributed by atoms with Gasteiger partial charge in [0.05, 0.1) is 0 Å². The number of carbonyl (C=O) groups excluding carboxylic acids is 1. The minimum absolute atomic E-state index is 0.103. The predicted octanol–water partition coefficient (Wildman–Crippen LogP) is 2.19. The maximum atomic E-state index is 12.2. The van der Waals surface area contributed by atoms with Gasteiger partial charge in [0.15, 0.2) is 6.61 Å². The van der Waals surface area contributed by atoms with Gasteiger partial charge in [0.1, 0.15) is 5.75 Å². The molecule has 0 spiro atoms. The summed E-state index contributed by atoms with van der Waals surface area (Å²) >= 11 is 0. The van der Waals surface area contributed by atoms with E-state index in [1.165, 1.54) is 12.8 Å². The third-order valence-electron chi connectivity index (χ3n) is 3.65. The molecule has 1 aromatic carbocycles. The van der Waals surface area contributed by atoms with Gasteiger partial charge in [-0.2, -0.15) is 0 Å². The van der Waals surface area contributed by atoms with Gasteiger partial charge in [-0.05, 0) is 26.0 Å². The predicted molar refractivity (Wildman–Crippen MR) is 79.7 cm³/mol. The van der Waals surface area contributed by atoms with Crippen LogP contribution in [-0.2, 0) is 11.3 Å². The van der Waals surface area contributed by atoms with E-state index in [0.717, 1.165) is 43.8 Å². The van der Waals surface area contributed by atoms with Crippen LogP contribution in [0.15, 0.2) is 24.3 Å². The summed E-state index contributed by atoms with van der Waals surface area (Å²) in [4.78, 5) is 14.1. The molecule has 1 amide bonds. The summed E-state index contributed by atoms with van der Waals surface area (Å²) in [5.74, 6) is 0.899. The Bertz CT molecular complexity index is 426. The number of nitrogens with zero attached hydrogens (tertiary/aromatic N) is 1. The van der Waals surface area contributed by atoms with Gasteiger partial charge >= 0.3 is 0 Å². The molecule has 1 N–H and O–H groups in total. The molecule has 4 nitrogen and oxygen atoms in total. The van der Waals surface area contributed by atoms with E-state index in [9.17, 15) is 4.79 Å². The Balaban J connectivity index is 1.89. The van der Waals surface area contributed by atoms with Crippen molar-refractivity contribution in [3.63, 3.8) is 0 Å². The van der Waals surface area contributed by atoms with Gasteiger partial charge in [0.25, 0.3) is 5.91 Å².